The van der Waals surface area contributed by atoms with Crippen LogP contribution in [-0.4, -0.2) is 59.1 Å². The van der Waals surface area contributed by atoms with Crippen LogP contribution in [0.25, 0.3) is 0 Å². The normalized spacial score (nSPS) is 20.8. The molecular weight excluding hydrogens is 670 g/mol. The van der Waals surface area contributed by atoms with Crippen molar-refractivity contribution in [1.82, 2.24) is 15.2 Å². The van der Waals surface area contributed by atoms with E-state index in [1.807, 2.05) is 0 Å². The number of Topliss-reactive ketones (excluding diaryl/α,β-unsaturated/α-hetero) is 1. The third-order valence-electron chi connectivity index (χ3n) is 9.07. The van der Waals surface area contributed by atoms with Gasteiger partial charge < -0.3 is 16.0 Å². The van der Waals surface area contributed by atoms with Crippen molar-refractivity contribution in [2.75, 3.05) is 6.54 Å². The molecular formula is C33H33Cl2FN4O6S. The number of benzene rings is 2. The summed E-state index contributed by atoms with van der Waals surface area (Å²) in [4.78, 5) is 60.6. The summed E-state index contributed by atoms with van der Waals surface area (Å²) in [6.07, 6.45) is 1.06. The van der Waals surface area contributed by atoms with Crippen molar-refractivity contribution in [3.8, 4) is 0 Å². The third-order valence-corrected chi connectivity index (χ3v) is 11.9. The largest absolute Gasteiger partial charge is 0.368 e. The standard InChI is InChI=1S/C33H33Cl2FN4O6S/c1-2-8-23(27(41)29(42)39-17-20-9-4-3-5-10-20)33(30(37)43)16-22(47(45,46)26-12-7-6-11-24(26)35)19-40(33)31(44)32(13-14-32)28-25(36)15-21(34)18-38-28/h3-7,9-12,15,18,22-23H,2,8,13-14,16-17,19H2,1H3,(H2,37,43)(H,39,42)/t22?,23-,33?/m1/s1. The minimum absolute atomic E-state index is 0.00294. The summed E-state index contributed by atoms with van der Waals surface area (Å²) >= 11 is 12.2. The van der Waals surface area contributed by atoms with E-state index in [-0.39, 0.29) is 52.9 Å². The lowest BCUT2D eigenvalue weighted by Crippen LogP contribution is -2.64. The van der Waals surface area contributed by atoms with E-state index in [1.165, 1.54) is 24.4 Å². The molecule has 2 unspecified atom stereocenters. The van der Waals surface area contributed by atoms with E-state index in [2.05, 4.69) is 10.3 Å². The number of pyridine rings is 1. The Bertz CT molecular complexity index is 1840. The molecule has 2 heterocycles. The molecule has 1 saturated heterocycles. The molecule has 2 aliphatic rings. The second-order valence-electron chi connectivity index (χ2n) is 11.9. The van der Waals surface area contributed by atoms with E-state index in [0.29, 0.717) is 5.56 Å². The van der Waals surface area contributed by atoms with Gasteiger partial charge in [0.05, 0.1) is 37.2 Å². The van der Waals surface area contributed by atoms with Crippen LogP contribution in [0.3, 0.4) is 0 Å². The number of carbonyl (C=O) groups is 4. The summed E-state index contributed by atoms with van der Waals surface area (Å²) in [5.41, 5.74) is 2.75. The number of nitrogens with one attached hydrogen (secondary N) is 1. The van der Waals surface area contributed by atoms with Crippen LogP contribution in [-0.2, 0) is 41.0 Å². The topological polar surface area (TPSA) is 157 Å². The fraction of sp³-hybridized carbons (Fsp3) is 0.364. The lowest BCUT2D eigenvalue weighted by molar-refractivity contribution is -0.155. The lowest BCUT2D eigenvalue weighted by Gasteiger charge is -2.42. The number of sulfone groups is 1. The molecule has 3 N–H and O–H groups in total. The van der Waals surface area contributed by atoms with Crippen molar-refractivity contribution < 1.29 is 32.0 Å². The molecule has 1 aromatic heterocycles. The van der Waals surface area contributed by atoms with Crippen LogP contribution in [0, 0.1) is 11.7 Å². The van der Waals surface area contributed by atoms with Crippen LogP contribution < -0.4 is 11.1 Å². The Balaban J connectivity index is 1.61. The highest BCUT2D eigenvalue weighted by Gasteiger charge is 2.66. The fourth-order valence-electron chi connectivity index (χ4n) is 6.55. The summed E-state index contributed by atoms with van der Waals surface area (Å²) in [5.74, 6) is -6.41. The number of primary amides is 1. The van der Waals surface area contributed by atoms with E-state index >= 15 is 4.39 Å². The van der Waals surface area contributed by atoms with Crippen LogP contribution in [0.4, 0.5) is 4.39 Å². The van der Waals surface area contributed by atoms with Crippen molar-refractivity contribution in [3.63, 3.8) is 0 Å². The molecule has 14 heteroatoms. The molecule has 248 valence electrons. The highest BCUT2D eigenvalue weighted by atomic mass is 35.5. The SMILES string of the molecule is CCC[C@H](C(=O)C(=O)NCc1ccccc1)C1(C(N)=O)CC(S(=O)(=O)c2ccccc2Cl)CN1C(=O)C1(c2ncc(Cl)cc2F)CC1. The maximum Gasteiger partial charge on any atom is 0.288 e. The molecule has 3 aromatic rings. The number of likely N-dealkylation sites (tertiary alicyclic amines) is 1. The van der Waals surface area contributed by atoms with Gasteiger partial charge in [0, 0.05) is 19.3 Å². The molecule has 2 fully saturated rings. The number of carbonyl (C=O) groups excluding carboxylic acids is 4. The van der Waals surface area contributed by atoms with Gasteiger partial charge in [-0.1, -0.05) is 79.0 Å². The number of halogens is 3. The van der Waals surface area contributed by atoms with Crippen LogP contribution in [0.15, 0.2) is 71.8 Å². The van der Waals surface area contributed by atoms with Gasteiger partial charge in [0.1, 0.15) is 11.4 Å². The lowest BCUT2D eigenvalue weighted by atomic mass is 9.74. The maximum absolute atomic E-state index is 15.2. The van der Waals surface area contributed by atoms with Crippen LogP contribution in [0.1, 0.15) is 50.3 Å². The minimum Gasteiger partial charge on any atom is -0.368 e. The maximum atomic E-state index is 15.2. The zero-order valence-corrected chi connectivity index (χ0v) is 27.7. The van der Waals surface area contributed by atoms with Gasteiger partial charge in [-0.2, -0.15) is 0 Å². The Kier molecular flexibility index (Phi) is 9.77. The van der Waals surface area contributed by atoms with Gasteiger partial charge in [-0.05, 0) is 49.4 Å². The predicted octanol–water partition coefficient (Wildman–Crippen LogP) is 4.16. The fourth-order valence-corrected chi connectivity index (χ4v) is 8.94. The highest BCUT2D eigenvalue weighted by molar-refractivity contribution is 7.92. The first-order valence-electron chi connectivity index (χ1n) is 15.1. The van der Waals surface area contributed by atoms with Crippen molar-refractivity contribution in [3.05, 3.63) is 94.0 Å². The molecule has 5 rings (SSSR count). The number of nitrogens with two attached hydrogens (primary N) is 1. The Morgan fingerprint density at radius 3 is 2.34 bits per heavy atom. The van der Waals surface area contributed by atoms with Gasteiger partial charge in [-0.15, -0.1) is 0 Å². The number of aromatic nitrogens is 1. The van der Waals surface area contributed by atoms with Gasteiger partial charge in [0.2, 0.25) is 17.6 Å². The Hall–Kier alpha value is -3.87. The van der Waals surface area contributed by atoms with E-state index in [0.717, 1.165) is 11.0 Å². The zero-order chi connectivity index (χ0) is 34.1. The molecule has 47 heavy (non-hydrogen) atoms. The van der Waals surface area contributed by atoms with Gasteiger partial charge in [0.15, 0.2) is 9.84 Å². The highest BCUT2D eigenvalue weighted by Crippen LogP contribution is 2.53. The summed E-state index contributed by atoms with van der Waals surface area (Å²) in [5, 5.41) is 1.05. The molecule has 0 bridgehead atoms. The van der Waals surface area contributed by atoms with Gasteiger partial charge in [-0.25, -0.2) is 12.8 Å². The van der Waals surface area contributed by atoms with E-state index in [4.69, 9.17) is 28.9 Å². The van der Waals surface area contributed by atoms with Crippen LogP contribution in [0.5, 0.6) is 0 Å². The summed E-state index contributed by atoms with van der Waals surface area (Å²) < 4.78 is 43.4. The number of rotatable bonds is 12. The zero-order valence-electron chi connectivity index (χ0n) is 25.4. The van der Waals surface area contributed by atoms with E-state index in [9.17, 15) is 27.6 Å². The molecule has 1 aliphatic carbocycles. The first-order valence-corrected chi connectivity index (χ1v) is 17.4. The van der Waals surface area contributed by atoms with E-state index in [1.54, 1.807) is 43.3 Å². The molecule has 1 saturated carbocycles. The first kappa shape index (κ1) is 34.5. The summed E-state index contributed by atoms with van der Waals surface area (Å²) in [7, 11) is -4.34. The number of hydrogen-bond donors (Lipinski definition) is 2. The minimum atomic E-state index is -4.34. The second kappa shape index (κ2) is 13.3. The van der Waals surface area contributed by atoms with Gasteiger partial charge in [0.25, 0.3) is 5.91 Å². The summed E-state index contributed by atoms with van der Waals surface area (Å²) in [6.45, 7) is 1.15. The predicted molar refractivity (Wildman–Crippen MR) is 172 cm³/mol. The van der Waals surface area contributed by atoms with Crippen LogP contribution >= 0.6 is 23.2 Å². The van der Waals surface area contributed by atoms with Crippen LogP contribution in [0.2, 0.25) is 10.0 Å². The Morgan fingerprint density at radius 1 is 1.09 bits per heavy atom. The van der Waals surface area contributed by atoms with E-state index < -0.39 is 74.2 Å². The first-order chi connectivity index (χ1) is 22.3. The van der Waals surface area contributed by atoms with Gasteiger partial charge >= 0.3 is 0 Å². The molecule has 10 nitrogen and oxygen atoms in total. The molecule has 3 amide bonds. The Labute approximate surface area is 281 Å². The van der Waals surface area contributed by atoms with Gasteiger partial charge in [-0.3, -0.25) is 24.2 Å². The average molecular weight is 704 g/mol. The smallest absolute Gasteiger partial charge is 0.288 e. The number of hydrogen-bond acceptors (Lipinski definition) is 7. The van der Waals surface area contributed by atoms with Crippen molar-refractivity contribution in [2.45, 2.75) is 66.7 Å². The quantitative estimate of drug-likeness (QED) is 0.269. The molecule has 2 aromatic carbocycles. The number of ketones is 1. The molecule has 0 radical (unpaired) electrons. The number of amides is 3. The monoisotopic (exact) mass is 702 g/mol. The third kappa shape index (κ3) is 6.26. The molecule has 3 atom stereocenters. The van der Waals surface area contributed by atoms with Crippen molar-refractivity contribution in [1.29, 1.82) is 0 Å². The average Bonchev–Trinajstić information content (AvgIpc) is 3.74. The Morgan fingerprint density at radius 2 is 1.74 bits per heavy atom. The second-order valence-corrected chi connectivity index (χ2v) is 15.0. The number of nitrogens with zero attached hydrogens (tertiary/aromatic N) is 2. The molecule has 0 spiro atoms. The molecule has 1 aliphatic heterocycles. The van der Waals surface area contributed by atoms with Crippen molar-refractivity contribution >= 4 is 56.5 Å². The van der Waals surface area contributed by atoms with Crippen molar-refractivity contribution in [2.24, 2.45) is 11.7 Å². The summed E-state index contributed by atoms with van der Waals surface area (Å²) in [6, 6.07) is 15.5.